The maximum Gasteiger partial charge on any atom is 0.264 e. The summed E-state index contributed by atoms with van der Waals surface area (Å²) < 4.78 is 36.7. The Morgan fingerprint density at radius 1 is 1.04 bits per heavy atom. The van der Waals surface area contributed by atoms with Gasteiger partial charge in [-0.2, -0.15) is 4.98 Å². The second-order valence-corrected chi connectivity index (χ2v) is 15.9. The van der Waals surface area contributed by atoms with E-state index in [-0.39, 0.29) is 34.0 Å². The van der Waals surface area contributed by atoms with Gasteiger partial charge in [0.2, 0.25) is 11.8 Å². The molecule has 2 aliphatic heterocycles. The quantitative estimate of drug-likeness (QED) is 0.344. The second kappa shape index (κ2) is 12.6. The molecule has 1 aliphatic carbocycles. The van der Waals surface area contributed by atoms with E-state index >= 15 is 0 Å². The first kappa shape index (κ1) is 32.4. The van der Waals surface area contributed by atoms with Crippen LogP contribution in [0.1, 0.15) is 75.5 Å². The van der Waals surface area contributed by atoms with Gasteiger partial charge in [0.25, 0.3) is 15.9 Å². The van der Waals surface area contributed by atoms with Crippen LogP contribution in [0, 0.1) is 37.0 Å². The number of nitrogens with zero attached hydrogens (tertiary/aromatic N) is 3. The number of fused-ring (bicyclic) bond motifs is 4. The standard InChI is InChI=1S/C36H46N4O5S/c1-22(2)16-27-21-45-31-18-30(32-23(3)8-6-9-24(32)4)37-35(38-31)39-46(43,44)29-11-7-10-26(17-29)33(27)28-19-36(20-28)12-14-40(15-13-36)34(42)25(5)41/h6-11,17-18,22,25,27-28,33,41H,12-16,19-21H2,1-5H3,(H,37,38,39)/t25-,27-,33?/m1/s1. The van der Waals surface area contributed by atoms with Crippen molar-refractivity contribution in [2.24, 2.45) is 23.2 Å². The zero-order valence-electron chi connectivity index (χ0n) is 27.5. The number of aryl methyl sites for hydroxylation is 2. The summed E-state index contributed by atoms with van der Waals surface area (Å²) in [6, 6.07) is 15.2. The zero-order valence-corrected chi connectivity index (χ0v) is 28.3. The molecule has 10 heteroatoms. The highest BCUT2D eigenvalue weighted by atomic mass is 32.2. The minimum Gasteiger partial charge on any atom is -0.477 e. The molecule has 1 unspecified atom stereocenters. The molecule has 2 aromatic carbocycles. The van der Waals surface area contributed by atoms with E-state index in [0.29, 0.717) is 43.1 Å². The number of hydrogen-bond acceptors (Lipinski definition) is 7. The first-order chi connectivity index (χ1) is 21.8. The van der Waals surface area contributed by atoms with Crippen molar-refractivity contribution < 1.29 is 23.1 Å². The van der Waals surface area contributed by atoms with E-state index in [9.17, 15) is 18.3 Å². The molecule has 3 atom stereocenters. The predicted octanol–water partition coefficient (Wildman–Crippen LogP) is 6.10. The normalized spacial score (nSPS) is 23.0. The Balaban J connectivity index is 1.35. The molecule has 1 spiro atoms. The van der Waals surface area contributed by atoms with Crippen LogP contribution in [-0.4, -0.2) is 60.1 Å². The summed E-state index contributed by atoms with van der Waals surface area (Å²) in [6.45, 7) is 11.8. The molecule has 246 valence electrons. The van der Waals surface area contributed by atoms with Crippen molar-refractivity contribution in [3.8, 4) is 17.1 Å². The number of likely N-dealkylation sites (tertiary alicyclic amines) is 1. The van der Waals surface area contributed by atoms with Crippen LogP contribution in [0.4, 0.5) is 5.95 Å². The molecule has 3 aromatic rings. The summed E-state index contributed by atoms with van der Waals surface area (Å²) >= 11 is 0. The minimum atomic E-state index is -3.98. The Morgan fingerprint density at radius 3 is 2.37 bits per heavy atom. The zero-order chi connectivity index (χ0) is 32.8. The topological polar surface area (TPSA) is 122 Å². The lowest BCUT2D eigenvalue weighted by molar-refractivity contribution is -0.144. The van der Waals surface area contributed by atoms with Gasteiger partial charge in [-0.1, -0.05) is 44.2 Å². The molecule has 46 heavy (non-hydrogen) atoms. The van der Waals surface area contributed by atoms with Gasteiger partial charge < -0.3 is 14.7 Å². The maximum atomic E-state index is 13.8. The van der Waals surface area contributed by atoms with Gasteiger partial charge in [-0.15, -0.1) is 0 Å². The number of aliphatic hydroxyl groups is 1. The first-order valence-corrected chi connectivity index (χ1v) is 18.0. The van der Waals surface area contributed by atoms with Gasteiger partial charge in [0.05, 0.1) is 17.2 Å². The first-order valence-electron chi connectivity index (χ1n) is 16.5. The molecule has 9 nitrogen and oxygen atoms in total. The van der Waals surface area contributed by atoms with Gasteiger partial charge in [-0.25, -0.2) is 18.1 Å². The number of ether oxygens (including phenoxy) is 1. The number of carbonyl (C=O) groups is 1. The highest BCUT2D eigenvalue weighted by Gasteiger charge is 2.50. The highest BCUT2D eigenvalue weighted by molar-refractivity contribution is 7.92. The Morgan fingerprint density at radius 2 is 1.72 bits per heavy atom. The van der Waals surface area contributed by atoms with Crippen LogP contribution in [0.15, 0.2) is 53.4 Å². The van der Waals surface area contributed by atoms with Crippen LogP contribution in [0.3, 0.4) is 0 Å². The maximum absolute atomic E-state index is 13.8. The second-order valence-electron chi connectivity index (χ2n) is 14.3. The number of anilines is 1. The average Bonchev–Trinajstić information content (AvgIpc) is 2.98. The number of amides is 1. The molecule has 1 saturated carbocycles. The smallest absolute Gasteiger partial charge is 0.264 e. The molecule has 1 amide bonds. The van der Waals surface area contributed by atoms with Gasteiger partial charge in [0.1, 0.15) is 6.10 Å². The van der Waals surface area contributed by atoms with Crippen LogP contribution in [0.25, 0.3) is 11.3 Å². The van der Waals surface area contributed by atoms with E-state index in [2.05, 4.69) is 34.6 Å². The van der Waals surface area contributed by atoms with Gasteiger partial charge in [-0.05, 0) is 105 Å². The lowest BCUT2D eigenvalue weighted by atomic mass is 9.52. The summed E-state index contributed by atoms with van der Waals surface area (Å²) in [4.78, 5) is 23.6. The van der Waals surface area contributed by atoms with E-state index in [1.54, 1.807) is 11.0 Å². The van der Waals surface area contributed by atoms with E-state index in [1.165, 1.54) is 6.92 Å². The molecule has 4 bridgehead atoms. The molecule has 6 rings (SSSR count). The average molecular weight is 647 g/mol. The fourth-order valence-electron chi connectivity index (χ4n) is 8.19. The number of hydrogen-bond donors (Lipinski definition) is 2. The van der Waals surface area contributed by atoms with E-state index in [1.807, 2.05) is 50.2 Å². The van der Waals surface area contributed by atoms with Crippen LogP contribution >= 0.6 is 0 Å². The molecule has 2 fully saturated rings. The van der Waals surface area contributed by atoms with Gasteiger partial charge in [0, 0.05) is 30.6 Å². The minimum absolute atomic E-state index is 0.0144. The molecule has 2 N–H and O–H groups in total. The number of aliphatic hydroxyl groups excluding tert-OH is 1. The molecule has 1 saturated heterocycles. The van der Waals surface area contributed by atoms with Crippen molar-refractivity contribution in [2.45, 2.75) is 83.6 Å². The van der Waals surface area contributed by atoms with E-state index in [4.69, 9.17) is 4.74 Å². The third kappa shape index (κ3) is 6.51. The summed E-state index contributed by atoms with van der Waals surface area (Å²) in [5, 5.41) is 9.80. The predicted molar refractivity (Wildman–Crippen MR) is 178 cm³/mol. The SMILES string of the molecule is Cc1cccc(C)c1-c1cc2nc(n1)NS(=O)(=O)c1cccc(c1)C(C1CC3(CCN(C(=O)[C@@H](C)O)CC3)C1)[C@H](CC(C)C)CO2. The highest BCUT2D eigenvalue weighted by Crippen LogP contribution is 2.59. The number of aromatic nitrogens is 2. The Bertz CT molecular complexity index is 1690. The lowest BCUT2D eigenvalue weighted by Gasteiger charge is -2.55. The summed E-state index contributed by atoms with van der Waals surface area (Å²) in [7, 11) is -3.98. The number of piperidine rings is 1. The number of sulfonamides is 1. The van der Waals surface area contributed by atoms with Crippen molar-refractivity contribution in [1.29, 1.82) is 0 Å². The van der Waals surface area contributed by atoms with Gasteiger partial charge in [0.15, 0.2) is 0 Å². The van der Waals surface area contributed by atoms with Crippen molar-refractivity contribution in [1.82, 2.24) is 14.9 Å². The van der Waals surface area contributed by atoms with Crippen LogP contribution in [0.2, 0.25) is 0 Å². The number of nitrogens with one attached hydrogen (secondary N) is 1. The fraction of sp³-hybridized carbons (Fsp3) is 0.528. The third-order valence-electron chi connectivity index (χ3n) is 10.3. The Kier molecular flexibility index (Phi) is 8.89. The van der Waals surface area contributed by atoms with E-state index in [0.717, 1.165) is 54.4 Å². The Labute approximate surface area is 272 Å². The van der Waals surface area contributed by atoms with Gasteiger partial charge in [-0.3, -0.25) is 4.79 Å². The number of carbonyl (C=O) groups excluding carboxylic acids is 1. The van der Waals surface area contributed by atoms with Crippen molar-refractivity contribution in [3.63, 3.8) is 0 Å². The summed E-state index contributed by atoms with van der Waals surface area (Å²) in [6.07, 6.45) is 3.82. The fourth-order valence-corrected chi connectivity index (χ4v) is 9.18. The van der Waals surface area contributed by atoms with Crippen molar-refractivity contribution in [3.05, 3.63) is 65.2 Å². The molecule has 1 aromatic heterocycles. The molecular weight excluding hydrogens is 600 g/mol. The summed E-state index contributed by atoms with van der Waals surface area (Å²) in [5.74, 6) is 1.13. The molecule has 3 heterocycles. The van der Waals surface area contributed by atoms with E-state index < -0.39 is 16.1 Å². The van der Waals surface area contributed by atoms with Crippen molar-refractivity contribution >= 4 is 21.9 Å². The molecule has 0 radical (unpaired) electrons. The molecular formula is C36H46N4O5S. The summed E-state index contributed by atoms with van der Waals surface area (Å²) in [5.41, 5.74) is 4.79. The number of benzene rings is 2. The Hall–Kier alpha value is -3.50. The van der Waals surface area contributed by atoms with Crippen LogP contribution in [-0.2, 0) is 14.8 Å². The third-order valence-corrected chi connectivity index (χ3v) is 11.7. The van der Waals surface area contributed by atoms with Crippen molar-refractivity contribution in [2.75, 3.05) is 24.4 Å². The number of rotatable bonds is 5. The van der Waals surface area contributed by atoms with Gasteiger partial charge >= 0.3 is 0 Å². The van der Waals surface area contributed by atoms with Crippen LogP contribution in [0.5, 0.6) is 5.88 Å². The van der Waals surface area contributed by atoms with Crippen LogP contribution < -0.4 is 9.46 Å². The monoisotopic (exact) mass is 646 g/mol. The lowest BCUT2D eigenvalue weighted by Crippen LogP contribution is -2.52. The largest absolute Gasteiger partial charge is 0.477 e. The molecule has 3 aliphatic rings.